The van der Waals surface area contributed by atoms with Crippen molar-refractivity contribution in [3.63, 3.8) is 0 Å². The highest BCUT2D eigenvalue weighted by atomic mass is 32.1. The zero-order valence-electron chi connectivity index (χ0n) is 7.68. The van der Waals surface area contributed by atoms with Crippen LogP contribution in [0.1, 0.15) is 4.88 Å². The van der Waals surface area contributed by atoms with Crippen molar-refractivity contribution in [3.8, 4) is 11.8 Å². The Hall–Kier alpha value is -1.56. The maximum absolute atomic E-state index is 11.3. The molecule has 2 aromatic heterocycles. The molecule has 2 aromatic rings. The predicted octanol–water partition coefficient (Wildman–Crippen LogP) is 1.20. The van der Waals surface area contributed by atoms with Crippen LogP contribution in [0.2, 0.25) is 0 Å². The van der Waals surface area contributed by atoms with Gasteiger partial charge in [0.15, 0.2) is 0 Å². The third-order valence-corrected chi connectivity index (χ3v) is 2.60. The molecule has 74 valence electrons. The highest BCUT2D eigenvalue weighted by molar-refractivity contribution is 7.10. The van der Waals surface area contributed by atoms with E-state index in [0.29, 0.717) is 0 Å². The fraction of sp³-hybridized carbons (Fsp3) is 0.250. The van der Waals surface area contributed by atoms with Gasteiger partial charge >= 0.3 is 11.8 Å². The molecule has 0 bridgehead atoms. The number of aryl methyl sites for hydroxylation is 1. The van der Waals surface area contributed by atoms with E-state index in [1.807, 2.05) is 18.4 Å². The van der Waals surface area contributed by atoms with Crippen molar-refractivity contribution in [1.82, 2.24) is 9.78 Å². The molecule has 0 spiro atoms. The van der Waals surface area contributed by atoms with Gasteiger partial charge in [0.2, 0.25) is 0 Å². The molecule has 0 saturated heterocycles. The minimum absolute atomic E-state index is 0.0272. The summed E-state index contributed by atoms with van der Waals surface area (Å²) in [6.45, 7) is 1.91. The number of thiophene rings is 1. The molecule has 0 radical (unpaired) electrons. The normalized spacial score (nSPS) is 10.4. The van der Waals surface area contributed by atoms with E-state index in [4.69, 9.17) is 9.15 Å². The van der Waals surface area contributed by atoms with E-state index in [2.05, 4.69) is 5.10 Å². The second-order valence-corrected chi connectivity index (χ2v) is 3.73. The van der Waals surface area contributed by atoms with Gasteiger partial charge in [-0.1, -0.05) is 5.10 Å². The zero-order valence-corrected chi connectivity index (χ0v) is 8.50. The Morgan fingerprint density at radius 1 is 1.64 bits per heavy atom. The van der Waals surface area contributed by atoms with Gasteiger partial charge in [0, 0.05) is 4.88 Å². The standard InChI is InChI=1S/C8H8N2O3S/c1-5-6(3-4-14-5)10-8(11)13-7(9-10)12-2/h3-4H,1-2H3. The number of ether oxygens (including phenoxy) is 1. The molecule has 5 nitrogen and oxygen atoms in total. The van der Waals surface area contributed by atoms with Crippen molar-refractivity contribution >= 4 is 11.3 Å². The number of methoxy groups -OCH3 is 1. The number of nitrogens with zero attached hydrogens (tertiary/aromatic N) is 2. The molecule has 0 unspecified atom stereocenters. The lowest BCUT2D eigenvalue weighted by atomic mass is 10.4. The van der Waals surface area contributed by atoms with Gasteiger partial charge in [-0.3, -0.25) is 0 Å². The van der Waals surface area contributed by atoms with Crippen LogP contribution in [0.4, 0.5) is 0 Å². The van der Waals surface area contributed by atoms with E-state index in [0.717, 1.165) is 10.6 Å². The van der Waals surface area contributed by atoms with Gasteiger partial charge in [0.1, 0.15) is 0 Å². The quantitative estimate of drug-likeness (QED) is 0.750. The van der Waals surface area contributed by atoms with Crippen LogP contribution >= 0.6 is 11.3 Å². The van der Waals surface area contributed by atoms with Crippen molar-refractivity contribution in [1.29, 1.82) is 0 Å². The SMILES string of the molecule is COc1nn(-c2ccsc2C)c(=O)o1. The first-order valence-corrected chi connectivity index (χ1v) is 4.79. The number of rotatable bonds is 2. The molecule has 0 amide bonds. The lowest BCUT2D eigenvalue weighted by Gasteiger charge is -1.93. The average Bonchev–Trinajstić information content (AvgIpc) is 2.72. The van der Waals surface area contributed by atoms with Gasteiger partial charge in [-0.15, -0.1) is 11.3 Å². The van der Waals surface area contributed by atoms with Gasteiger partial charge in [-0.25, -0.2) is 4.79 Å². The Kier molecular flexibility index (Phi) is 2.12. The number of hydrogen-bond acceptors (Lipinski definition) is 5. The van der Waals surface area contributed by atoms with E-state index in [1.165, 1.54) is 11.8 Å². The molecule has 0 atom stereocenters. The molecular formula is C8H8N2O3S. The Morgan fingerprint density at radius 2 is 2.43 bits per heavy atom. The average molecular weight is 212 g/mol. The molecule has 0 aromatic carbocycles. The summed E-state index contributed by atoms with van der Waals surface area (Å²) in [5, 5.41) is 5.74. The molecule has 2 heterocycles. The largest absolute Gasteiger partial charge is 0.452 e. The maximum Gasteiger partial charge on any atom is 0.444 e. The lowest BCUT2D eigenvalue weighted by Crippen LogP contribution is -2.13. The minimum Gasteiger partial charge on any atom is -0.452 e. The van der Waals surface area contributed by atoms with Gasteiger partial charge in [0.25, 0.3) is 0 Å². The van der Waals surface area contributed by atoms with Crippen LogP contribution in [-0.2, 0) is 0 Å². The molecule has 0 aliphatic heterocycles. The van der Waals surface area contributed by atoms with Crippen LogP contribution < -0.4 is 10.5 Å². The van der Waals surface area contributed by atoms with E-state index in [9.17, 15) is 4.79 Å². The van der Waals surface area contributed by atoms with Crippen molar-refractivity contribution in [2.45, 2.75) is 6.92 Å². The molecule has 0 aliphatic carbocycles. The van der Waals surface area contributed by atoms with Gasteiger partial charge < -0.3 is 9.15 Å². The van der Waals surface area contributed by atoms with Gasteiger partial charge in [0.05, 0.1) is 12.8 Å². The fourth-order valence-corrected chi connectivity index (χ4v) is 1.77. The molecule has 14 heavy (non-hydrogen) atoms. The molecule has 2 rings (SSSR count). The van der Waals surface area contributed by atoms with Crippen molar-refractivity contribution in [2.75, 3.05) is 7.11 Å². The Labute approximate surface area is 83.5 Å². The van der Waals surface area contributed by atoms with E-state index >= 15 is 0 Å². The van der Waals surface area contributed by atoms with Crippen LogP contribution in [0.5, 0.6) is 6.08 Å². The van der Waals surface area contributed by atoms with Crippen molar-refractivity contribution < 1.29 is 9.15 Å². The second-order valence-electron chi connectivity index (χ2n) is 2.61. The summed E-state index contributed by atoms with van der Waals surface area (Å²) in [5.74, 6) is -0.539. The zero-order chi connectivity index (χ0) is 10.1. The van der Waals surface area contributed by atoms with Crippen molar-refractivity contribution in [3.05, 3.63) is 26.9 Å². The van der Waals surface area contributed by atoms with Crippen LogP contribution in [0.3, 0.4) is 0 Å². The second kappa shape index (κ2) is 3.30. The number of hydrogen-bond donors (Lipinski definition) is 0. The van der Waals surface area contributed by atoms with E-state index < -0.39 is 5.76 Å². The summed E-state index contributed by atoms with van der Waals surface area (Å²) < 4.78 is 10.6. The predicted molar refractivity (Wildman–Crippen MR) is 51.3 cm³/mol. The minimum atomic E-state index is -0.539. The molecule has 0 fully saturated rings. The van der Waals surface area contributed by atoms with Crippen LogP contribution in [0.25, 0.3) is 5.69 Å². The highest BCUT2D eigenvalue weighted by Gasteiger charge is 2.11. The smallest absolute Gasteiger partial charge is 0.444 e. The topological polar surface area (TPSA) is 57.3 Å². The maximum atomic E-state index is 11.3. The molecule has 6 heteroatoms. The van der Waals surface area contributed by atoms with Crippen LogP contribution in [0.15, 0.2) is 20.7 Å². The Balaban J connectivity index is 2.57. The van der Waals surface area contributed by atoms with E-state index in [1.54, 1.807) is 11.3 Å². The van der Waals surface area contributed by atoms with Gasteiger partial charge in [-0.2, -0.15) is 4.68 Å². The summed E-state index contributed by atoms with van der Waals surface area (Å²) in [6.07, 6.45) is -0.0272. The Bertz CT molecular complexity index is 497. The first-order chi connectivity index (χ1) is 6.72. The van der Waals surface area contributed by atoms with E-state index in [-0.39, 0.29) is 6.08 Å². The first kappa shape index (κ1) is 9.01. The Morgan fingerprint density at radius 3 is 2.93 bits per heavy atom. The van der Waals surface area contributed by atoms with Gasteiger partial charge in [-0.05, 0) is 18.4 Å². The molecule has 0 N–H and O–H groups in total. The molecular weight excluding hydrogens is 204 g/mol. The summed E-state index contributed by atoms with van der Waals surface area (Å²) in [7, 11) is 1.40. The number of aromatic nitrogens is 2. The summed E-state index contributed by atoms with van der Waals surface area (Å²) in [6, 6.07) is 1.81. The summed E-state index contributed by atoms with van der Waals surface area (Å²) in [4.78, 5) is 12.3. The summed E-state index contributed by atoms with van der Waals surface area (Å²) >= 11 is 1.54. The molecule has 0 saturated carbocycles. The third kappa shape index (κ3) is 1.33. The van der Waals surface area contributed by atoms with Crippen molar-refractivity contribution in [2.24, 2.45) is 0 Å². The summed E-state index contributed by atoms with van der Waals surface area (Å²) in [5.41, 5.74) is 0.729. The first-order valence-electron chi connectivity index (χ1n) is 3.91. The fourth-order valence-electron chi connectivity index (χ4n) is 1.09. The monoisotopic (exact) mass is 212 g/mol. The lowest BCUT2D eigenvalue weighted by molar-refractivity contribution is 0.282. The molecule has 0 aliphatic rings. The van der Waals surface area contributed by atoms with Crippen LogP contribution in [0, 0.1) is 6.92 Å². The third-order valence-electron chi connectivity index (χ3n) is 1.76. The van der Waals surface area contributed by atoms with Crippen LogP contribution in [-0.4, -0.2) is 16.9 Å². The highest BCUT2D eigenvalue weighted by Crippen LogP contribution is 2.18.